The maximum atomic E-state index is 3.65. The molecule has 2 N–H and O–H groups in total. The van der Waals surface area contributed by atoms with Gasteiger partial charge in [0.05, 0.1) is 6.04 Å². The molecule has 94 valence electrons. The van der Waals surface area contributed by atoms with E-state index in [1.54, 1.807) is 0 Å². The van der Waals surface area contributed by atoms with Gasteiger partial charge in [0.25, 0.3) is 0 Å². The molecule has 2 heteroatoms. The molecule has 2 unspecified atom stereocenters. The van der Waals surface area contributed by atoms with Crippen molar-refractivity contribution in [3.8, 4) is 0 Å². The molecule has 0 spiro atoms. The van der Waals surface area contributed by atoms with Gasteiger partial charge in [-0.05, 0) is 23.6 Å². The molecule has 0 saturated carbocycles. The number of allylic oxidation sites excluding steroid dienone is 2. The average molecular weight is 248 g/mol. The molecule has 0 saturated heterocycles. The van der Waals surface area contributed by atoms with Crippen molar-refractivity contribution < 1.29 is 0 Å². The number of aromatic nitrogens is 1. The van der Waals surface area contributed by atoms with Gasteiger partial charge >= 0.3 is 0 Å². The topological polar surface area (TPSA) is 27.8 Å². The van der Waals surface area contributed by atoms with Gasteiger partial charge in [-0.25, -0.2) is 0 Å². The summed E-state index contributed by atoms with van der Waals surface area (Å²) in [6.07, 6.45) is 14.2. The number of rotatable bonds is 2. The molecule has 19 heavy (non-hydrogen) atoms. The van der Waals surface area contributed by atoms with E-state index in [9.17, 15) is 0 Å². The normalized spacial score (nSPS) is 24.7. The Morgan fingerprint density at radius 1 is 1.11 bits per heavy atom. The zero-order chi connectivity index (χ0) is 12.7. The Bertz CT molecular complexity index is 703. The first-order valence-corrected chi connectivity index (χ1v) is 6.78. The van der Waals surface area contributed by atoms with Crippen LogP contribution in [0.15, 0.2) is 66.4 Å². The van der Waals surface area contributed by atoms with Crippen molar-refractivity contribution in [3.05, 3.63) is 72.0 Å². The van der Waals surface area contributed by atoms with E-state index in [1.165, 1.54) is 22.0 Å². The minimum absolute atomic E-state index is 0.403. The molecule has 0 radical (unpaired) electrons. The van der Waals surface area contributed by atoms with E-state index in [2.05, 4.69) is 71.1 Å². The van der Waals surface area contributed by atoms with Crippen LogP contribution in [-0.4, -0.2) is 17.1 Å². The number of hydrogen-bond donors (Lipinski definition) is 2. The molecule has 1 aromatic heterocycles. The van der Waals surface area contributed by atoms with Crippen LogP contribution in [0.2, 0.25) is 0 Å². The fraction of sp³-hybridized carbons (Fsp3) is 0.176. The van der Waals surface area contributed by atoms with Crippen LogP contribution in [0.1, 0.15) is 5.56 Å². The largest absolute Gasteiger partial charge is 0.361 e. The smallest absolute Gasteiger partial charge is 0.0511 e. The van der Waals surface area contributed by atoms with E-state index in [0.29, 0.717) is 12.1 Å². The molecule has 4 rings (SSSR count). The highest BCUT2D eigenvalue weighted by atomic mass is 15.0. The average Bonchev–Trinajstić information content (AvgIpc) is 3.03. The third-order valence-corrected chi connectivity index (χ3v) is 3.96. The fourth-order valence-corrected chi connectivity index (χ4v) is 3.03. The van der Waals surface area contributed by atoms with Gasteiger partial charge < -0.3 is 10.3 Å². The molecule has 1 aliphatic carbocycles. The van der Waals surface area contributed by atoms with Crippen molar-refractivity contribution in [3.63, 3.8) is 0 Å². The lowest BCUT2D eigenvalue weighted by Crippen LogP contribution is -2.31. The molecule has 1 aromatic carbocycles. The van der Waals surface area contributed by atoms with E-state index in [1.807, 2.05) is 0 Å². The van der Waals surface area contributed by atoms with Gasteiger partial charge in [0.1, 0.15) is 0 Å². The summed E-state index contributed by atoms with van der Waals surface area (Å²) >= 11 is 0. The maximum Gasteiger partial charge on any atom is 0.0511 e. The van der Waals surface area contributed by atoms with Gasteiger partial charge in [0.15, 0.2) is 0 Å². The summed E-state index contributed by atoms with van der Waals surface area (Å²) in [6, 6.07) is 9.32. The minimum atomic E-state index is 0.403. The number of hydrogen-bond acceptors (Lipinski definition) is 1. The molecular formula is C17H16N2. The molecule has 2 aliphatic rings. The summed E-state index contributed by atoms with van der Waals surface area (Å²) in [4.78, 5) is 3.35. The third kappa shape index (κ3) is 1.85. The Morgan fingerprint density at radius 3 is 3.00 bits per heavy atom. The summed E-state index contributed by atoms with van der Waals surface area (Å²) in [7, 11) is 0. The second-order valence-corrected chi connectivity index (χ2v) is 5.23. The van der Waals surface area contributed by atoms with E-state index < -0.39 is 0 Å². The van der Waals surface area contributed by atoms with Crippen LogP contribution < -0.4 is 5.32 Å². The van der Waals surface area contributed by atoms with Gasteiger partial charge in [-0.1, -0.05) is 48.6 Å². The third-order valence-electron chi connectivity index (χ3n) is 3.96. The number of fused-ring (bicyclic) bond motifs is 2. The number of benzene rings is 1. The standard InChI is InChI=1S/C17H16N2/c1-3-7-16-12(5-1)9-14(19-16)10-13-11-18-17-8-4-2-6-15(13)17/h1-9,11,14,16,18-19H,10H2. The van der Waals surface area contributed by atoms with Gasteiger partial charge in [-0.3, -0.25) is 0 Å². The zero-order valence-electron chi connectivity index (χ0n) is 10.6. The first kappa shape index (κ1) is 10.8. The summed E-state index contributed by atoms with van der Waals surface area (Å²) in [5, 5.41) is 4.99. The number of H-pyrrole nitrogens is 1. The van der Waals surface area contributed by atoms with Crippen LogP contribution in [-0.2, 0) is 6.42 Å². The van der Waals surface area contributed by atoms with Crippen LogP contribution in [0.5, 0.6) is 0 Å². The Balaban J connectivity index is 1.61. The monoisotopic (exact) mass is 248 g/mol. The molecule has 2 aromatic rings. The van der Waals surface area contributed by atoms with Crippen molar-refractivity contribution >= 4 is 10.9 Å². The van der Waals surface area contributed by atoms with Gasteiger partial charge in [-0.15, -0.1) is 0 Å². The van der Waals surface area contributed by atoms with E-state index in [4.69, 9.17) is 0 Å². The summed E-state index contributed by atoms with van der Waals surface area (Å²) in [5.74, 6) is 0. The summed E-state index contributed by atoms with van der Waals surface area (Å²) in [6.45, 7) is 0. The van der Waals surface area contributed by atoms with E-state index >= 15 is 0 Å². The molecule has 1 aliphatic heterocycles. The first-order chi connectivity index (χ1) is 9.40. The van der Waals surface area contributed by atoms with Crippen molar-refractivity contribution in [2.75, 3.05) is 0 Å². The van der Waals surface area contributed by atoms with Gasteiger partial charge in [0.2, 0.25) is 0 Å². The minimum Gasteiger partial charge on any atom is -0.361 e. The van der Waals surface area contributed by atoms with Crippen molar-refractivity contribution in [2.45, 2.75) is 18.5 Å². The maximum absolute atomic E-state index is 3.65. The second kappa shape index (κ2) is 4.25. The van der Waals surface area contributed by atoms with Crippen molar-refractivity contribution in [2.24, 2.45) is 0 Å². The Labute approximate surface area is 112 Å². The summed E-state index contributed by atoms with van der Waals surface area (Å²) < 4.78 is 0. The highest BCUT2D eigenvalue weighted by Crippen LogP contribution is 2.24. The predicted molar refractivity (Wildman–Crippen MR) is 79.1 cm³/mol. The second-order valence-electron chi connectivity index (χ2n) is 5.23. The molecule has 0 amide bonds. The van der Waals surface area contributed by atoms with Crippen molar-refractivity contribution in [1.82, 2.24) is 10.3 Å². The van der Waals surface area contributed by atoms with Crippen LogP contribution in [0.3, 0.4) is 0 Å². The Hall–Kier alpha value is -2.06. The summed E-state index contributed by atoms with van der Waals surface area (Å²) in [5.41, 5.74) is 4.00. The first-order valence-electron chi connectivity index (χ1n) is 6.78. The number of para-hydroxylation sites is 1. The quantitative estimate of drug-likeness (QED) is 0.839. The molecule has 2 nitrogen and oxygen atoms in total. The zero-order valence-corrected chi connectivity index (χ0v) is 10.6. The lowest BCUT2D eigenvalue weighted by atomic mass is 10.0. The van der Waals surface area contributed by atoms with E-state index in [0.717, 1.165) is 6.42 Å². The van der Waals surface area contributed by atoms with Gasteiger partial charge in [0, 0.05) is 23.1 Å². The number of nitrogens with one attached hydrogen (secondary N) is 2. The number of aromatic amines is 1. The lowest BCUT2D eigenvalue weighted by molar-refractivity contribution is 0.613. The van der Waals surface area contributed by atoms with E-state index in [-0.39, 0.29) is 0 Å². The van der Waals surface area contributed by atoms with Crippen LogP contribution in [0, 0.1) is 0 Å². The molecular weight excluding hydrogens is 232 g/mol. The Morgan fingerprint density at radius 2 is 2.05 bits per heavy atom. The highest BCUT2D eigenvalue weighted by Gasteiger charge is 2.23. The Kier molecular flexibility index (Phi) is 2.42. The van der Waals surface area contributed by atoms with Crippen LogP contribution in [0.25, 0.3) is 10.9 Å². The molecule has 2 atom stereocenters. The predicted octanol–water partition coefficient (Wildman–Crippen LogP) is 3.10. The van der Waals surface area contributed by atoms with Crippen LogP contribution in [0.4, 0.5) is 0 Å². The van der Waals surface area contributed by atoms with Crippen molar-refractivity contribution in [1.29, 1.82) is 0 Å². The fourth-order valence-electron chi connectivity index (χ4n) is 3.03. The molecule has 0 fully saturated rings. The molecule has 0 bridgehead atoms. The highest BCUT2D eigenvalue weighted by molar-refractivity contribution is 5.83. The lowest BCUT2D eigenvalue weighted by Gasteiger charge is -2.14. The molecule has 2 heterocycles. The SMILES string of the molecule is C1=CC2=CC(Cc3c[nH]c4ccccc34)NC2C=C1. The van der Waals surface area contributed by atoms with Crippen LogP contribution >= 0.6 is 0 Å². The van der Waals surface area contributed by atoms with Gasteiger partial charge in [-0.2, -0.15) is 0 Å².